The highest BCUT2D eigenvalue weighted by Gasteiger charge is 2.35. The molecule has 0 saturated heterocycles. The molecule has 178 valence electrons. The molecule has 2 heterocycles. The fraction of sp³-hybridized carbons (Fsp3) is 0.154. The summed E-state index contributed by atoms with van der Waals surface area (Å²) in [7, 11) is -3.91. The Morgan fingerprint density at radius 1 is 1.03 bits per heavy atom. The van der Waals surface area contributed by atoms with Crippen LogP contribution in [0.2, 0.25) is 0 Å². The van der Waals surface area contributed by atoms with Gasteiger partial charge >= 0.3 is 5.97 Å². The first kappa shape index (κ1) is 22.8. The number of hydrogen-bond acceptors (Lipinski definition) is 4. The van der Waals surface area contributed by atoms with E-state index in [0.29, 0.717) is 39.9 Å². The minimum atomic E-state index is -3.91. The summed E-state index contributed by atoms with van der Waals surface area (Å²) in [6, 6.07) is 20.2. The Morgan fingerprint density at radius 2 is 1.74 bits per heavy atom. The number of halogens is 1. The third-order valence-corrected chi connectivity index (χ3v) is 7.89. The highest BCUT2D eigenvalue weighted by Crippen LogP contribution is 2.35. The molecule has 7 nitrogen and oxygen atoms in total. The fourth-order valence-electron chi connectivity index (χ4n) is 4.54. The van der Waals surface area contributed by atoms with Gasteiger partial charge in [0.25, 0.3) is 10.0 Å². The van der Waals surface area contributed by atoms with Crippen LogP contribution < -0.4 is 0 Å². The van der Waals surface area contributed by atoms with Crippen molar-refractivity contribution in [2.75, 3.05) is 6.54 Å². The van der Waals surface area contributed by atoms with Crippen molar-refractivity contribution in [3.8, 4) is 0 Å². The molecule has 1 aliphatic rings. The van der Waals surface area contributed by atoms with E-state index in [9.17, 15) is 22.7 Å². The molecular formula is C26H22FN3O4S. The Hall–Kier alpha value is -3.98. The van der Waals surface area contributed by atoms with Crippen LogP contribution in [0, 0.1) is 12.7 Å². The van der Waals surface area contributed by atoms with Crippen molar-refractivity contribution in [1.29, 1.82) is 0 Å². The molecule has 0 atom stereocenters. The molecule has 35 heavy (non-hydrogen) atoms. The number of benzene rings is 3. The number of carboxylic acid groups (broad SMARTS) is 1. The molecular weight excluding hydrogens is 469 g/mol. The summed E-state index contributed by atoms with van der Waals surface area (Å²) >= 11 is 0. The van der Waals surface area contributed by atoms with Crippen LogP contribution in [0.15, 0.2) is 82.8 Å². The molecule has 0 radical (unpaired) electrons. The maximum atomic E-state index is 14.3. The van der Waals surface area contributed by atoms with Gasteiger partial charge in [-0.15, -0.1) is 0 Å². The summed E-state index contributed by atoms with van der Waals surface area (Å²) in [5.41, 5.74) is 3.32. The largest absolute Gasteiger partial charge is 0.480 e. The summed E-state index contributed by atoms with van der Waals surface area (Å²) in [6.45, 7) is 1.53. The van der Waals surface area contributed by atoms with Crippen molar-refractivity contribution in [2.45, 2.75) is 24.8 Å². The molecule has 0 saturated carbocycles. The van der Waals surface area contributed by atoms with E-state index >= 15 is 0 Å². The Balaban J connectivity index is 1.72. The number of hydrogen-bond donors (Lipinski definition) is 1. The van der Waals surface area contributed by atoms with Gasteiger partial charge in [0, 0.05) is 27.7 Å². The smallest absolute Gasteiger partial charge is 0.323 e. The fourth-order valence-corrected chi connectivity index (χ4v) is 5.98. The summed E-state index contributed by atoms with van der Waals surface area (Å²) in [5, 5.41) is 14.5. The van der Waals surface area contributed by atoms with E-state index in [1.165, 1.54) is 24.3 Å². The molecule has 3 aromatic carbocycles. The monoisotopic (exact) mass is 491 g/mol. The van der Waals surface area contributed by atoms with Crippen molar-refractivity contribution >= 4 is 32.6 Å². The Morgan fingerprint density at radius 3 is 2.49 bits per heavy atom. The highest BCUT2D eigenvalue weighted by atomic mass is 32.2. The van der Waals surface area contributed by atoms with Crippen LogP contribution >= 0.6 is 0 Å². The van der Waals surface area contributed by atoms with E-state index in [2.05, 4.69) is 5.10 Å². The molecule has 4 aromatic rings. The summed E-state index contributed by atoms with van der Waals surface area (Å²) in [6.07, 6.45) is 0.452. The molecule has 0 unspecified atom stereocenters. The van der Waals surface area contributed by atoms with Crippen molar-refractivity contribution in [3.05, 3.63) is 101 Å². The van der Waals surface area contributed by atoms with Crippen LogP contribution in [0.25, 0.3) is 10.9 Å². The van der Waals surface area contributed by atoms with Crippen LogP contribution in [0.3, 0.4) is 0 Å². The maximum Gasteiger partial charge on any atom is 0.323 e. The maximum absolute atomic E-state index is 14.3. The second-order valence-electron chi connectivity index (χ2n) is 8.33. The van der Waals surface area contributed by atoms with Crippen molar-refractivity contribution in [2.24, 2.45) is 5.10 Å². The lowest BCUT2D eigenvalue weighted by Gasteiger charge is -2.27. The van der Waals surface area contributed by atoms with Gasteiger partial charge in [-0.25, -0.2) is 4.39 Å². The predicted molar refractivity (Wildman–Crippen MR) is 130 cm³/mol. The van der Waals surface area contributed by atoms with Crippen LogP contribution in [-0.4, -0.2) is 40.7 Å². The summed E-state index contributed by atoms with van der Waals surface area (Å²) < 4.78 is 43.8. The molecule has 0 amide bonds. The lowest BCUT2D eigenvalue weighted by atomic mass is 9.99. The minimum Gasteiger partial charge on any atom is -0.480 e. The van der Waals surface area contributed by atoms with Gasteiger partial charge < -0.3 is 9.67 Å². The van der Waals surface area contributed by atoms with Gasteiger partial charge in [0.05, 0.1) is 11.4 Å². The Kier molecular flexibility index (Phi) is 5.64. The molecule has 0 aliphatic carbocycles. The number of aromatic nitrogens is 1. The summed E-state index contributed by atoms with van der Waals surface area (Å²) in [5.74, 6) is -1.52. The van der Waals surface area contributed by atoms with Crippen LogP contribution in [0.1, 0.15) is 22.4 Å². The zero-order chi connectivity index (χ0) is 24.7. The molecule has 0 fully saturated rings. The lowest BCUT2D eigenvalue weighted by Crippen LogP contribution is -2.35. The minimum absolute atomic E-state index is 0.105. The highest BCUT2D eigenvalue weighted by molar-refractivity contribution is 7.89. The molecule has 1 aromatic heterocycles. The van der Waals surface area contributed by atoms with Crippen molar-refractivity contribution in [1.82, 2.24) is 8.98 Å². The van der Waals surface area contributed by atoms with E-state index < -0.39 is 21.8 Å². The van der Waals surface area contributed by atoms with Gasteiger partial charge in [-0.1, -0.05) is 48.5 Å². The van der Waals surface area contributed by atoms with E-state index in [1.807, 2.05) is 30.3 Å². The van der Waals surface area contributed by atoms with Crippen LogP contribution in [-0.2, 0) is 27.8 Å². The van der Waals surface area contributed by atoms with Crippen LogP contribution in [0.5, 0.6) is 0 Å². The third-order valence-electron chi connectivity index (χ3n) is 6.16. The average molecular weight is 492 g/mol. The number of carboxylic acids is 1. The third kappa shape index (κ3) is 3.97. The van der Waals surface area contributed by atoms with Gasteiger partial charge in [-0.2, -0.15) is 17.9 Å². The predicted octanol–water partition coefficient (Wildman–Crippen LogP) is 4.17. The van der Waals surface area contributed by atoms with Gasteiger partial charge in [-0.3, -0.25) is 4.79 Å². The molecule has 0 bridgehead atoms. The quantitative estimate of drug-likeness (QED) is 0.438. The molecule has 5 rings (SSSR count). The van der Waals surface area contributed by atoms with E-state index in [0.717, 1.165) is 9.98 Å². The molecule has 1 aliphatic heterocycles. The van der Waals surface area contributed by atoms with Gasteiger partial charge in [0.15, 0.2) is 0 Å². The van der Waals surface area contributed by atoms with E-state index in [1.54, 1.807) is 29.7 Å². The van der Waals surface area contributed by atoms with E-state index in [-0.39, 0.29) is 18.0 Å². The first-order chi connectivity index (χ1) is 16.8. The number of hydrazone groups is 1. The number of nitrogens with zero attached hydrogens (tertiary/aromatic N) is 3. The SMILES string of the molecule is Cc1c(C2=NN(CCc3ccccc3)S(=O)(=O)c3ccccc32)c2cc(F)ccc2n1CC(=O)O. The standard InChI is InChI=1S/C26H22FN3O4S/c1-17-25(21-15-19(27)11-12-22(21)29(17)16-24(31)32)26-20-9-5-6-10-23(20)35(33,34)30(28-26)14-13-18-7-3-2-4-8-18/h2-12,15H,13-14,16H2,1H3,(H,31,32). The normalized spacial score (nSPS) is 14.6. The Bertz CT molecular complexity index is 1590. The zero-order valence-electron chi connectivity index (χ0n) is 18.8. The average Bonchev–Trinajstić information content (AvgIpc) is 3.09. The summed E-state index contributed by atoms with van der Waals surface area (Å²) in [4.78, 5) is 11.7. The van der Waals surface area contributed by atoms with Gasteiger partial charge in [-0.05, 0) is 43.2 Å². The van der Waals surface area contributed by atoms with E-state index in [4.69, 9.17) is 0 Å². The first-order valence-corrected chi connectivity index (χ1v) is 12.5. The van der Waals surface area contributed by atoms with Gasteiger partial charge in [0.1, 0.15) is 18.1 Å². The van der Waals surface area contributed by atoms with Crippen molar-refractivity contribution < 1.29 is 22.7 Å². The first-order valence-electron chi connectivity index (χ1n) is 11.0. The second kappa shape index (κ2) is 8.66. The van der Waals surface area contributed by atoms with Crippen molar-refractivity contribution in [3.63, 3.8) is 0 Å². The topological polar surface area (TPSA) is 92.0 Å². The van der Waals surface area contributed by atoms with Gasteiger partial charge in [0.2, 0.25) is 0 Å². The number of carbonyl (C=O) groups is 1. The lowest BCUT2D eigenvalue weighted by molar-refractivity contribution is -0.137. The number of rotatable bonds is 6. The Labute approximate surface area is 201 Å². The zero-order valence-corrected chi connectivity index (χ0v) is 19.7. The molecule has 1 N–H and O–H groups in total. The van der Waals surface area contributed by atoms with Crippen LogP contribution in [0.4, 0.5) is 4.39 Å². The molecule has 9 heteroatoms. The second-order valence-corrected chi connectivity index (χ2v) is 10.1. The number of aliphatic carboxylic acids is 1. The number of sulfonamides is 1. The number of fused-ring (bicyclic) bond motifs is 2. The molecule has 0 spiro atoms.